The Kier molecular flexibility index (Phi) is 6.80. The fourth-order valence-corrected chi connectivity index (χ4v) is 3.33. The van der Waals surface area contributed by atoms with Gasteiger partial charge in [-0.2, -0.15) is 13.2 Å². The topological polar surface area (TPSA) is 75.4 Å². The van der Waals surface area contributed by atoms with Crippen molar-refractivity contribution >= 4 is 17.2 Å². The normalized spacial score (nSPS) is 14.2. The number of hydrogen-bond acceptors (Lipinski definition) is 4. The number of aryl methyl sites for hydroxylation is 1. The highest BCUT2D eigenvalue weighted by Gasteiger charge is 2.30. The van der Waals surface area contributed by atoms with Crippen LogP contribution in [0.1, 0.15) is 45.1 Å². The molecule has 4 nitrogen and oxygen atoms in total. The molecule has 0 bridgehead atoms. The van der Waals surface area contributed by atoms with Crippen LogP contribution >= 0.6 is 11.3 Å². The highest BCUT2D eigenvalue weighted by Crippen LogP contribution is 2.30. The minimum Gasteiger partial charge on any atom is -0.387 e. The van der Waals surface area contributed by atoms with Gasteiger partial charge in [0.2, 0.25) is 0 Å². The first-order valence-corrected chi connectivity index (χ1v) is 8.95. The number of hydrogen-bond donors (Lipinski definition) is 3. The fourth-order valence-electron chi connectivity index (χ4n) is 2.46. The number of aliphatic hydroxyl groups excluding tert-OH is 1. The Labute approximate surface area is 153 Å². The number of nitrogens with one attached hydrogen (secondary N) is 1. The molecular formula is C18H21F3N2O2S. The smallest absolute Gasteiger partial charge is 0.387 e. The Balaban J connectivity index is 1.82. The molecule has 4 N–H and O–H groups in total. The van der Waals surface area contributed by atoms with Crippen molar-refractivity contribution in [3.63, 3.8) is 0 Å². The van der Waals surface area contributed by atoms with Gasteiger partial charge in [0.25, 0.3) is 5.91 Å². The van der Waals surface area contributed by atoms with Gasteiger partial charge in [0.1, 0.15) is 0 Å². The predicted octanol–water partition coefficient (Wildman–Crippen LogP) is 3.51. The first-order valence-electron chi connectivity index (χ1n) is 8.14. The quantitative estimate of drug-likeness (QED) is 0.650. The van der Waals surface area contributed by atoms with Gasteiger partial charge >= 0.3 is 6.18 Å². The maximum Gasteiger partial charge on any atom is 0.416 e. The summed E-state index contributed by atoms with van der Waals surface area (Å²) in [6, 6.07) is 8.31. The van der Waals surface area contributed by atoms with Gasteiger partial charge in [0.15, 0.2) is 0 Å². The lowest BCUT2D eigenvalue weighted by molar-refractivity contribution is -0.137. The zero-order valence-electron chi connectivity index (χ0n) is 14.2. The SMILES string of the molecule is C[C@@H](CCc1ccc(C(N)=O)s1)NC[C@@H](O)c1cccc(C(F)(F)F)c1. The molecule has 0 radical (unpaired) electrons. The van der Waals surface area contributed by atoms with Gasteiger partial charge in [-0.3, -0.25) is 4.79 Å². The van der Waals surface area contributed by atoms with Crippen molar-refractivity contribution in [2.45, 2.75) is 38.1 Å². The van der Waals surface area contributed by atoms with Crippen molar-refractivity contribution < 1.29 is 23.1 Å². The number of alkyl halides is 3. The average Bonchev–Trinajstić information content (AvgIpc) is 3.06. The minimum atomic E-state index is -4.43. The van der Waals surface area contributed by atoms with Gasteiger partial charge in [-0.1, -0.05) is 12.1 Å². The number of rotatable bonds is 8. The molecule has 0 fully saturated rings. The predicted molar refractivity (Wildman–Crippen MR) is 95.0 cm³/mol. The second-order valence-corrected chi connectivity index (χ2v) is 7.29. The van der Waals surface area contributed by atoms with E-state index >= 15 is 0 Å². The number of primary amides is 1. The molecule has 8 heteroatoms. The van der Waals surface area contributed by atoms with Crippen molar-refractivity contribution in [1.29, 1.82) is 0 Å². The second kappa shape index (κ2) is 8.66. The van der Waals surface area contributed by atoms with Crippen LogP contribution in [0.15, 0.2) is 36.4 Å². The van der Waals surface area contributed by atoms with E-state index in [0.29, 0.717) is 4.88 Å². The first kappa shape index (κ1) is 20.4. The Morgan fingerprint density at radius 2 is 2.04 bits per heavy atom. The Morgan fingerprint density at radius 1 is 1.31 bits per heavy atom. The summed E-state index contributed by atoms with van der Waals surface area (Å²) in [6.07, 6.45) is -3.95. The van der Waals surface area contributed by atoms with E-state index in [2.05, 4.69) is 5.32 Å². The third-order valence-electron chi connectivity index (χ3n) is 3.99. The summed E-state index contributed by atoms with van der Waals surface area (Å²) in [5, 5.41) is 13.3. The van der Waals surface area contributed by atoms with Gasteiger partial charge in [0.05, 0.1) is 16.5 Å². The molecule has 0 saturated carbocycles. The first-order chi connectivity index (χ1) is 12.2. The number of benzene rings is 1. The number of amides is 1. The Bertz CT molecular complexity index is 746. The van der Waals surface area contributed by atoms with Crippen molar-refractivity contribution in [2.75, 3.05) is 6.54 Å². The highest BCUT2D eigenvalue weighted by atomic mass is 32.1. The molecule has 1 amide bonds. The van der Waals surface area contributed by atoms with Crippen LogP contribution in [0.4, 0.5) is 13.2 Å². The third-order valence-corrected chi connectivity index (χ3v) is 5.15. The number of halogens is 3. The van der Waals surface area contributed by atoms with E-state index in [0.717, 1.165) is 29.9 Å². The highest BCUT2D eigenvalue weighted by molar-refractivity contribution is 7.14. The molecule has 2 rings (SSSR count). The monoisotopic (exact) mass is 386 g/mol. The summed E-state index contributed by atoms with van der Waals surface area (Å²) >= 11 is 1.35. The molecular weight excluding hydrogens is 365 g/mol. The van der Waals surface area contributed by atoms with Crippen molar-refractivity contribution in [3.05, 3.63) is 57.3 Å². The van der Waals surface area contributed by atoms with Crippen LogP contribution in [0, 0.1) is 0 Å². The largest absolute Gasteiger partial charge is 0.416 e. The number of carbonyl (C=O) groups excluding carboxylic acids is 1. The second-order valence-electron chi connectivity index (χ2n) is 6.12. The van der Waals surface area contributed by atoms with E-state index in [4.69, 9.17) is 5.73 Å². The third kappa shape index (κ3) is 5.82. The minimum absolute atomic E-state index is 0.0505. The number of thiophene rings is 1. The van der Waals surface area contributed by atoms with Crippen LogP contribution in [-0.4, -0.2) is 23.6 Å². The molecule has 0 aliphatic carbocycles. The lowest BCUT2D eigenvalue weighted by Gasteiger charge is -2.18. The summed E-state index contributed by atoms with van der Waals surface area (Å²) in [6.45, 7) is 2.08. The van der Waals surface area contributed by atoms with E-state index < -0.39 is 23.8 Å². The average molecular weight is 386 g/mol. The summed E-state index contributed by atoms with van der Waals surface area (Å²) in [7, 11) is 0. The molecule has 1 heterocycles. The van der Waals surface area contributed by atoms with Crippen LogP contribution < -0.4 is 11.1 Å². The van der Waals surface area contributed by atoms with Crippen LogP contribution in [0.3, 0.4) is 0 Å². The molecule has 0 spiro atoms. The summed E-state index contributed by atoms with van der Waals surface area (Å²) < 4.78 is 38.2. The number of nitrogens with two attached hydrogens (primary N) is 1. The van der Waals surface area contributed by atoms with E-state index in [1.165, 1.54) is 23.5 Å². The zero-order valence-corrected chi connectivity index (χ0v) is 15.0. The van der Waals surface area contributed by atoms with Crippen LogP contribution in [0.5, 0.6) is 0 Å². The van der Waals surface area contributed by atoms with Crippen LogP contribution in [0.2, 0.25) is 0 Å². The molecule has 0 saturated heterocycles. The summed E-state index contributed by atoms with van der Waals surface area (Å²) in [4.78, 5) is 12.6. The standard InChI is InChI=1S/C18H21F3N2O2S/c1-11(5-6-14-7-8-16(26-14)17(22)25)23-10-15(24)12-3-2-4-13(9-12)18(19,20)21/h2-4,7-9,11,15,23-24H,5-6,10H2,1H3,(H2,22,25)/t11-,15+/m0/s1. The number of carbonyl (C=O) groups is 1. The molecule has 0 unspecified atom stereocenters. The van der Waals surface area contributed by atoms with Gasteiger partial charge in [-0.25, -0.2) is 0 Å². The van der Waals surface area contributed by atoms with Crippen molar-refractivity contribution in [1.82, 2.24) is 5.32 Å². The molecule has 0 aliphatic rings. The maximum atomic E-state index is 12.7. The molecule has 2 atom stereocenters. The molecule has 142 valence electrons. The molecule has 26 heavy (non-hydrogen) atoms. The van der Waals surface area contributed by atoms with Crippen LogP contribution in [-0.2, 0) is 12.6 Å². The van der Waals surface area contributed by atoms with Gasteiger partial charge in [0, 0.05) is 17.5 Å². The van der Waals surface area contributed by atoms with Crippen LogP contribution in [0.25, 0.3) is 0 Å². The van der Waals surface area contributed by atoms with Gasteiger partial charge in [-0.15, -0.1) is 11.3 Å². The molecule has 2 aromatic rings. The summed E-state index contributed by atoms with van der Waals surface area (Å²) in [5.74, 6) is -0.448. The molecule has 0 aliphatic heterocycles. The van der Waals surface area contributed by atoms with E-state index in [1.54, 1.807) is 6.07 Å². The van der Waals surface area contributed by atoms with E-state index in [9.17, 15) is 23.1 Å². The summed E-state index contributed by atoms with van der Waals surface area (Å²) in [5.41, 5.74) is 4.67. The van der Waals surface area contributed by atoms with E-state index in [1.807, 2.05) is 13.0 Å². The Hall–Kier alpha value is -1.90. The van der Waals surface area contributed by atoms with E-state index in [-0.39, 0.29) is 18.2 Å². The Morgan fingerprint density at radius 3 is 2.65 bits per heavy atom. The lowest BCUT2D eigenvalue weighted by atomic mass is 10.0. The molecule has 1 aromatic heterocycles. The lowest BCUT2D eigenvalue weighted by Crippen LogP contribution is -2.30. The van der Waals surface area contributed by atoms with Crippen molar-refractivity contribution in [3.8, 4) is 0 Å². The fraction of sp³-hybridized carbons (Fsp3) is 0.389. The van der Waals surface area contributed by atoms with Gasteiger partial charge < -0.3 is 16.2 Å². The molecule has 1 aromatic carbocycles. The zero-order chi connectivity index (χ0) is 19.3. The number of aliphatic hydroxyl groups is 1. The van der Waals surface area contributed by atoms with Crippen molar-refractivity contribution in [2.24, 2.45) is 5.73 Å². The maximum absolute atomic E-state index is 12.7. The van der Waals surface area contributed by atoms with Gasteiger partial charge in [-0.05, 0) is 49.6 Å².